The molecule has 0 aliphatic carbocycles. The van der Waals surface area contributed by atoms with Crippen LogP contribution in [0.3, 0.4) is 0 Å². The quantitative estimate of drug-likeness (QED) is 0.486. The Kier molecular flexibility index (Phi) is 3.76. The molecule has 0 aliphatic rings. The van der Waals surface area contributed by atoms with E-state index < -0.39 is 4.92 Å². The Bertz CT molecular complexity index is 629. The molecule has 19 heavy (non-hydrogen) atoms. The van der Waals surface area contributed by atoms with Gasteiger partial charge in [-0.2, -0.15) is 0 Å². The highest BCUT2D eigenvalue weighted by atomic mass is 35.5. The van der Waals surface area contributed by atoms with Crippen LogP contribution in [0.2, 0.25) is 5.15 Å². The highest BCUT2D eigenvalue weighted by Crippen LogP contribution is 2.25. The maximum Gasteiger partial charge on any atom is 0.270 e. The summed E-state index contributed by atoms with van der Waals surface area (Å²) in [6, 6.07) is 7.90. The summed E-state index contributed by atoms with van der Waals surface area (Å²) < 4.78 is 0. The van der Waals surface area contributed by atoms with Crippen LogP contribution in [0.1, 0.15) is 25.6 Å². The molecule has 0 bridgehead atoms. The number of hydrogen-bond donors (Lipinski definition) is 0. The smallest absolute Gasteiger partial charge is 0.258 e. The molecule has 6 heteroatoms. The Morgan fingerprint density at radius 1 is 1.26 bits per heavy atom. The molecule has 0 unspecified atom stereocenters. The van der Waals surface area contributed by atoms with Gasteiger partial charge in [0.2, 0.25) is 0 Å². The molecule has 2 aromatic rings. The van der Waals surface area contributed by atoms with E-state index in [1.165, 1.54) is 12.1 Å². The van der Waals surface area contributed by atoms with Crippen molar-refractivity contribution in [2.75, 3.05) is 0 Å². The molecular formula is C13H12ClN3O2. The maximum atomic E-state index is 10.8. The molecule has 1 aromatic heterocycles. The minimum atomic E-state index is -0.435. The Hall–Kier alpha value is -2.01. The second-order valence-corrected chi connectivity index (χ2v) is 4.78. The zero-order valence-electron chi connectivity index (χ0n) is 10.5. The number of nitro benzene ring substituents is 1. The van der Waals surface area contributed by atoms with Crippen molar-refractivity contribution < 1.29 is 4.92 Å². The molecule has 0 N–H and O–H groups in total. The molecule has 0 aliphatic heterocycles. The number of benzene rings is 1. The van der Waals surface area contributed by atoms with Crippen LogP contribution in [0.15, 0.2) is 30.3 Å². The maximum absolute atomic E-state index is 10.8. The van der Waals surface area contributed by atoms with Crippen molar-refractivity contribution in [3.8, 4) is 11.3 Å². The van der Waals surface area contributed by atoms with E-state index >= 15 is 0 Å². The van der Waals surface area contributed by atoms with Crippen LogP contribution in [0, 0.1) is 10.1 Å². The van der Waals surface area contributed by atoms with Gasteiger partial charge in [0.1, 0.15) is 11.0 Å². The van der Waals surface area contributed by atoms with Crippen molar-refractivity contribution >= 4 is 17.3 Å². The molecule has 0 fully saturated rings. The van der Waals surface area contributed by atoms with E-state index in [4.69, 9.17) is 11.6 Å². The van der Waals surface area contributed by atoms with Gasteiger partial charge < -0.3 is 0 Å². The fourth-order valence-corrected chi connectivity index (χ4v) is 1.81. The lowest BCUT2D eigenvalue weighted by molar-refractivity contribution is -0.384. The molecule has 0 radical (unpaired) electrons. The molecule has 1 aromatic carbocycles. The van der Waals surface area contributed by atoms with Gasteiger partial charge >= 0.3 is 0 Å². The first-order chi connectivity index (χ1) is 8.97. The van der Waals surface area contributed by atoms with Gasteiger partial charge in [0.25, 0.3) is 5.69 Å². The van der Waals surface area contributed by atoms with E-state index in [-0.39, 0.29) is 11.6 Å². The molecule has 5 nitrogen and oxygen atoms in total. The lowest BCUT2D eigenvalue weighted by Gasteiger charge is -2.07. The molecule has 1 heterocycles. The summed E-state index contributed by atoms with van der Waals surface area (Å²) in [5, 5.41) is 11.1. The molecule has 0 saturated carbocycles. The number of nitrogens with zero attached hydrogens (tertiary/aromatic N) is 3. The summed E-state index contributed by atoms with van der Waals surface area (Å²) in [6.45, 7) is 3.92. The number of nitro groups is 1. The Morgan fingerprint density at radius 3 is 2.63 bits per heavy atom. The summed E-state index contributed by atoms with van der Waals surface area (Å²) in [6.07, 6.45) is 0. The number of hydrogen-bond acceptors (Lipinski definition) is 4. The molecule has 2 rings (SSSR count). The van der Waals surface area contributed by atoms with Gasteiger partial charge in [-0.05, 0) is 0 Å². The van der Waals surface area contributed by atoms with Gasteiger partial charge in [-0.15, -0.1) is 0 Å². The largest absolute Gasteiger partial charge is 0.270 e. The van der Waals surface area contributed by atoms with Crippen LogP contribution in [0.5, 0.6) is 0 Å². The summed E-state index contributed by atoms with van der Waals surface area (Å²) in [7, 11) is 0. The van der Waals surface area contributed by atoms with Gasteiger partial charge in [-0.25, -0.2) is 9.97 Å². The zero-order chi connectivity index (χ0) is 14.0. The summed E-state index contributed by atoms with van der Waals surface area (Å²) >= 11 is 5.96. The van der Waals surface area contributed by atoms with E-state index in [2.05, 4.69) is 9.97 Å². The first-order valence-electron chi connectivity index (χ1n) is 5.76. The third-order valence-corrected chi connectivity index (χ3v) is 2.77. The van der Waals surface area contributed by atoms with Crippen molar-refractivity contribution in [3.63, 3.8) is 0 Å². The Morgan fingerprint density at radius 2 is 2.00 bits per heavy atom. The van der Waals surface area contributed by atoms with Crippen molar-refractivity contribution in [3.05, 3.63) is 51.4 Å². The topological polar surface area (TPSA) is 68.9 Å². The van der Waals surface area contributed by atoms with Crippen molar-refractivity contribution in [1.29, 1.82) is 0 Å². The van der Waals surface area contributed by atoms with Gasteiger partial charge in [0.05, 0.1) is 10.6 Å². The van der Waals surface area contributed by atoms with E-state index in [0.717, 1.165) is 0 Å². The second kappa shape index (κ2) is 5.32. The lowest BCUT2D eigenvalue weighted by Crippen LogP contribution is -1.99. The lowest BCUT2D eigenvalue weighted by atomic mass is 10.1. The number of non-ortho nitro benzene ring substituents is 1. The fourth-order valence-electron chi connectivity index (χ4n) is 1.62. The monoisotopic (exact) mass is 277 g/mol. The number of aromatic nitrogens is 2. The van der Waals surface area contributed by atoms with Crippen LogP contribution in [-0.2, 0) is 0 Å². The van der Waals surface area contributed by atoms with Gasteiger partial charge in [-0.3, -0.25) is 10.1 Å². The van der Waals surface area contributed by atoms with Crippen LogP contribution in [-0.4, -0.2) is 14.9 Å². The third-order valence-electron chi connectivity index (χ3n) is 2.58. The van der Waals surface area contributed by atoms with E-state index in [1.54, 1.807) is 18.2 Å². The third kappa shape index (κ3) is 3.06. The molecule has 0 saturated heterocycles. The molecular weight excluding hydrogens is 266 g/mol. The van der Waals surface area contributed by atoms with E-state index in [9.17, 15) is 10.1 Å². The van der Waals surface area contributed by atoms with Crippen LogP contribution < -0.4 is 0 Å². The summed E-state index contributed by atoms with van der Waals surface area (Å²) in [5.74, 6) is 0.755. The highest BCUT2D eigenvalue weighted by Gasteiger charge is 2.11. The van der Waals surface area contributed by atoms with Crippen LogP contribution in [0.25, 0.3) is 11.3 Å². The molecule has 98 valence electrons. The Balaban J connectivity index is 2.52. The van der Waals surface area contributed by atoms with Gasteiger partial charge in [0, 0.05) is 29.7 Å². The first-order valence-corrected chi connectivity index (χ1v) is 6.14. The minimum absolute atomic E-state index is 0.0262. The van der Waals surface area contributed by atoms with Crippen LogP contribution >= 0.6 is 11.6 Å². The highest BCUT2D eigenvalue weighted by molar-refractivity contribution is 6.29. The van der Waals surface area contributed by atoms with Crippen molar-refractivity contribution in [1.82, 2.24) is 9.97 Å². The Labute approximate surface area is 115 Å². The predicted molar refractivity (Wildman–Crippen MR) is 73.2 cm³/mol. The first kappa shape index (κ1) is 13.4. The SMILES string of the molecule is CC(C)c1nc(Cl)cc(-c2cccc([N+](=O)[O-])c2)n1. The predicted octanol–water partition coefficient (Wildman–Crippen LogP) is 3.83. The van der Waals surface area contributed by atoms with Gasteiger partial charge in [0.15, 0.2) is 0 Å². The molecule has 0 spiro atoms. The standard InChI is InChI=1S/C13H12ClN3O2/c1-8(2)13-15-11(7-12(14)16-13)9-4-3-5-10(6-9)17(18)19/h3-8H,1-2H3. The molecule has 0 amide bonds. The van der Waals surface area contributed by atoms with Crippen molar-refractivity contribution in [2.45, 2.75) is 19.8 Å². The average molecular weight is 278 g/mol. The second-order valence-electron chi connectivity index (χ2n) is 4.40. The van der Waals surface area contributed by atoms with E-state index in [0.29, 0.717) is 22.2 Å². The molecule has 0 atom stereocenters. The van der Waals surface area contributed by atoms with Crippen LogP contribution in [0.4, 0.5) is 5.69 Å². The fraction of sp³-hybridized carbons (Fsp3) is 0.231. The van der Waals surface area contributed by atoms with Gasteiger partial charge in [-0.1, -0.05) is 37.6 Å². The number of halogens is 1. The minimum Gasteiger partial charge on any atom is -0.258 e. The average Bonchev–Trinajstić information content (AvgIpc) is 2.38. The zero-order valence-corrected chi connectivity index (χ0v) is 11.3. The number of rotatable bonds is 3. The summed E-state index contributed by atoms with van der Waals surface area (Å²) in [5.41, 5.74) is 1.27. The normalized spacial score (nSPS) is 10.7. The summed E-state index contributed by atoms with van der Waals surface area (Å²) in [4.78, 5) is 18.9. The van der Waals surface area contributed by atoms with Crippen molar-refractivity contribution in [2.24, 2.45) is 0 Å². The van der Waals surface area contributed by atoms with E-state index in [1.807, 2.05) is 13.8 Å².